The molecule has 0 bridgehead atoms. The van der Waals surface area contributed by atoms with Gasteiger partial charge in [0.1, 0.15) is 0 Å². The summed E-state index contributed by atoms with van der Waals surface area (Å²) in [6.45, 7) is 7.51. The van der Waals surface area contributed by atoms with Crippen molar-refractivity contribution in [2.75, 3.05) is 40.0 Å². The molecule has 1 atom stereocenters. The van der Waals surface area contributed by atoms with E-state index >= 15 is 0 Å². The van der Waals surface area contributed by atoms with Gasteiger partial charge in [0, 0.05) is 26.2 Å². The lowest BCUT2D eigenvalue weighted by Crippen LogP contribution is -2.40. The molecule has 3 rings (SSSR count). The molecule has 1 fully saturated rings. The van der Waals surface area contributed by atoms with Crippen LogP contribution in [0.1, 0.15) is 36.1 Å². The van der Waals surface area contributed by atoms with Gasteiger partial charge in [-0.1, -0.05) is 25.1 Å². The average Bonchev–Trinajstić information content (AvgIpc) is 2.60. The second-order valence-corrected chi connectivity index (χ2v) is 6.26. The van der Waals surface area contributed by atoms with Crippen LogP contribution in [0.4, 0.5) is 4.79 Å². The lowest BCUT2D eigenvalue weighted by Gasteiger charge is -2.36. The van der Waals surface area contributed by atoms with Crippen molar-refractivity contribution in [3.63, 3.8) is 0 Å². The van der Waals surface area contributed by atoms with E-state index in [0.29, 0.717) is 0 Å². The minimum atomic E-state index is -0.222. The molecule has 0 spiro atoms. The second kappa shape index (κ2) is 7.32. The second-order valence-electron chi connectivity index (χ2n) is 6.26. The number of carbonyl (C=O) groups excluding carboxylic acids is 1. The molecule has 1 unspecified atom stereocenters. The van der Waals surface area contributed by atoms with E-state index in [2.05, 4.69) is 30.0 Å². The highest BCUT2D eigenvalue weighted by Crippen LogP contribution is 2.33. The standard InChI is InChI=1S/C18H26N2O3/c1-3-17-16-5-4-14(13-19-8-10-23-11-9-19)12-15(16)6-7-20(17)18(21)22-2/h4-5,12,17H,3,6-11,13H2,1-2H3. The van der Waals surface area contributed by atoms with Gasteiger partial charge in [0.25, 0.3) is 0 Å². The van der Waals surface area contributed by atoms with Crippen LogP contribution in [-0.2, 0) is 22.4 Å². The maximum Gasteiger partial charge on any atom is 0.410 e. The summed E-state index contributed by atoms with van der Waals surface area (Å²) in [4.78, 5) is 16.2. The molecule has 2 aliphatic heterocycles. The van der Waals surface area contributed by atoms with Gasteiger partial charge < -0.3 is 14.4 Å². The first kappa shape index (κ1) is 16.3. The van der Waals surface area contributed by atoms with Crippen LogP contribution < -0.4 is 0 Å². The number of nitrogens with zero attached hydrogens (tertiary/aromatic N) is 2. The van der Waals surface area contributed by atoms with Crippen molar-refractivity contribution in [3.05, 3.63) is 34.9 Å². The van der Waals surface area contributed by atoms with E-state index < -0.39 is 0 Å². The van der Waals surface area contributed by atoms with Crippen molar-refractivity contribution < 1.29 is 14.3 Å². The Balaban J connectivity index is 1.76. The first-order chi connectivity index (χ1) is 11.2. The normalized spacial score (nSPS) is 21.8. The fourth-order valence-electron chi connectivity index (χ4n) is 3.66. The van der Waals surface area contributed by atoms with Crippen molar-refractivity contribution in [3.8, 4) is 0 Å². The number of fused-ring (bicyclic) bond motifs is 1. The molecule has 126 valence electrons. The van der Waals surface area contributed by atoms with Crippen LogP contribution in [-0.4, -0.2) is 55.9 Å². The molecular formula is C18H26N2O3. The lowest BCUT2D eigenvalue weighted by atomic mass is 9.90. The van der Waals surface area contributed by atoms with E-state index in [9.17, 15) is 4.79 Å². The van der Waals surface area contributed by atoms with Gasteiger partial charge in [-0.15, -0.1) is 0 Å². The quantitative estimate of drug-likeness (QED) is 0.859. The number of benzene rings is 1. The molecule has 2 aliphatic rings. The number of hydrogen-bond acceptors (Lipinski definition) is 4. The number of morpholine rings is 1. The lowest BCUT2D eigenvalue weighted by molar-refractivity contribution is 0.0341. The van der Waals surface area contributed by atoms with Crippen LogP contribution >= 0.6 is 0 Å². The van der Waals surface area contributed by atoms with E-state index in [1.807, 2.05) is 4.90 Å². The van der Waals surface area contributed by atoms with Crippen molar-refractivity contribution in [1.82, 2.24) is 9.80 Å². The fourth-order valence-corrected chi connectivity index (χ4v) is 3.66. The third-order valence-electron chi connectivity index (χ3n) is 4.87. The zero-order chi connectivity index (χ0) is 16.2. The molecule has 1 amide bonds. The summed E-state index contributed by atoms with van der Waals surface area (Å²) in [5.41, 5.74) is 4.00. The number of methoxy groups -OCH3 is 1. The fraction of sp³-hybridized carbons (Fsp3) is 0.611. The van der Waals surface area contributed by atoms with Crippen LogP contribution in [0.2, 0.25) is 0 Å². The average molecular weight is 318 g/mol. The highest BCUT2D eigenvalue weighted by molar-refractivity contribution is 5.69. The number of carbonyl (C=O) groups is 1. The summed E-state index contributed by atoms with van der Waals surface area (Å²) in [6, 6.07) is 6.86. The molecule has 0 radical (unpaired) electrons. The van der Waals surface area contributed by atoms with E-state index in [1.165, 1.54) is 23.8 Å². The number of hydrogen-bond donors (Lipinski definition) is 0. The largest absolute Gasteiger partial charge is 0.453 e. The maximum atomic E-state index is 12.0. The highest BCUT2D eigenvalue weighted by Gasteiger charge is 2.30. The molecule has 1 aromatic rings. The Kier molecular flexibility index (Phi) is 5.18. The van der Waals surface area contributed by atoms with Gasteiger partial charge in [-0.3, -0.25) is 4.90 Å². The van der Waals surface area contributed by atoms with Gasteiger partial charge in [0.05, 0.1) is 26.4 Å². The SMILES string of the molecule is CCC1c2ccc(CN3CCOCC3)cc2CCN1C(=O)OC. The van der Waals surface area contributed by atoms with E-state index in [4.69, 9.17) is 9.47 Å². The summed E-state index contributed by atoms with van der Waals surface area (Å²) in [6.07, 6.45) is 1.59. The molecule has 1 aromatic carbocycles. The van der Waals surface area contributed by atoms with Crippen LogP contribution in [0, 0.1) is 0 Å². The summed E-state index contributed by atoms with van der Waals surface area (Å²) < 4.78 is 10.3. The maximum absolute atomic E-state index is 12.0. The van der Waals surface area contributed by atoms with Crippen LogP contribution in [0.25, 0.3) is 0 Å². The Hall–Kier alpha value is -1.59. The van der Waals surface area contributed by atoms with Gasteiger partial charge in [0.2, 0.25) is 0 Å². The molecule has 0 aliphatic carbocycles. The first-order valence-electron chi connectivity index (χ1n) is 8.49. The molecule has 5 nitrogen and oxygen atoms in total. The molecule has 1 saturated heterocycles. The minimum absolute atomic E-state index is 0.128. The van der Waals surface area contributed by atoms with Gasteiger partial charge in [-0.2, -0.15) is 0 Å². The number of rotatable bonds is 3. The topological polar surface area (TPSA) is 42.0 Å². The van der Waals surface area contributed by atoms with Crippen molar-refractivity contribution >= 4 is 6.09 Å². The summed E-state index contributed by atoms with van der Waals surface area (Å²) >= 11 is 0. The summed E-state index contributed by atoms with van der Waals surface area (Å²) in [7, 11) is 1.45. The molecule has 0 N–H and O–H groups in total. The Morgan fingerprint density at radius 1 is 1.30 bits per heavy atom. The van der Waals surface area contributed by atoms with Gasteiger partial charge in [-0.05, 0) is 29.5 Å². The summed E-state index contributed by atoms with van der Waals surface area (Å²) in [5.74, 6) is 0. The zero-order valence-corrected chi connectivity index (χ0v) is 14.1. The van der Waals surface area contributed by atoms with Gasteiger partial charge in [0.15, 0.2) is 0 Å². The Bertz CT molecular complexity index is 555. The molecular weight excluding hydrogens is 292 g/mol. The molecule has 23 heavy (non-hydrogen) atoms. The van der Waals surface area contributed by atoms with E-state index in [0.717, 1.165) is 52.2 Å². The third-order valence-corrected chi connectivity index (χ3v) is 4.87. The first-order valence-corrected chi connectivity index (χ1v) is 8.49. The number of amides is 1. The molecule has 2 heterocycles. The molecule has 0 aromatic heterocycles. The highest BCUT2D eigenvalue weighted by atomic mass is 16.5. The van der Waals surface area contributed by atoms with Crippen molar-refractivity contribution in [1.29, 1.82) is 0 Å². The smallest absolute Gasteiger partial charge is 0.410 e. The van der Waals surface area contributed by atoms with Crippen molar-refractivity contribution in [2.24, 2.45) is 0 Å². The van der Waals surface area contributed by atoms with Crippen LogP contribution in [0.15, 0.2) is 18.2 Å². The predicted octanol–water partition coefficient (Wildman–Crippen LogP) is 2.59. The van der Waals surface area contributed by atoms with Gasteiger partial charge in [-0.25, -0.2) is 4.79 Å². The van der Waals surface area contributed by atoms with Crippen molar-refractivity contribution in [2.45, 2.75) is 32.4 Å². The predicted molar refractivity (Wildman–Crippen MR) is 88.4 cm³/mol. The van der Waals surface area contributed by atoms with Crippen LogP contribution in [0.5, 0.6) is 0 Å². The third kappa shape index (κ3) is 3.51. The molecule has 5 heteroatoms. The zero-order valence-electron chi connectivity index (χ0n) is 14.1. The Morgan fingerprint density at radius 2 is 2.09 bits per heavy atom. The van der Waals surface area contributed by atoms with Gasteiger partial charge >= 0.3 is 6.09 Å². The number of ether oxygens (including phenoxy) is 2. The Morgan fingerprint density at radius 3 is 2.78 bits per heavy atom. The van der Waals surface area contributed by atoms with Crippen LogP contribution in [0.3, 0.4) is 0 Å². The Labute approximate surface area is 138 Å². The minimum Gasteiger partial charge on any atom is -0.453 e. The monoisotopic (exact) mass is 318 g/mol. The van der Waals surface area contributed by atoms with E-state index in [1.54, 1.807) is 0 Å². The summed E-state index contributed by atoms with van der Waals surface area (Å²) in [5, 5.41) is 0. The van der Waals surface area contributed by atoms with E-state index in [-0.39, 0.29) is 12.1 Å². The molecule has 0 saturated carbocycles.